The van der Waals surface area contributed by atoms with Crippen LogP contribution in [-0.2, 0) is 6.18 Å². The van der Waals surface area contributed by atoms with E-state index in [0.717, 1.165) is 12.1 Å². The first kappa shape index (κ1) is 16.1. The van der Waals surface area contributed by atoms with Crippen molar-refractivity contribution in [3.8, 4) is 0 Å². The van der Waals surface area contributed by atoms with Gasteiger partial charge in [-0.2, -0.15) is 13.2 Å². The zero-order valence-electron chi connectivity index (χ0n) is 6.64. The summed E-state index contributed by atoms with van der Waals surface area (Å²) in [7, 11) is 0. The van der Waals surface area contributed by atoms with E-state index in [2.05, 4.69) is 0 Å². The van der Waals surface area contributed by atoms with Crippen LogP contribution in [0.25, 0.3) is 0 Å². The molecule has 14 heavy (non-hydrogen) atoms. The van der Waals surface area contributed by atoms with Crippen molar-refractivity contribution >= 4 is 42.1 Å². The smallest absolute Gasteiger partial charge is 0.398 e. The van der Waals surface area contributed by atoms with E-state index in [1.807, 2.05) is 0 Å². The molecule has 0 spiro atoms. The van der Waals surface area contributed by atoms with Crippen LogP contribution in [0.2, 0.25) is 5.02 Å². The largest absolute Gasteiger partial charge is 0.418 e. The molecule has 0 unspecified atom stereocenters. The topological polar surface area (TPSA) is 26.0 Å². The Morgan fingerprint density at radius 1 is 1.14 bits per heavy atom. The van der Waals surface area contributed by atoms with Gasteiger partial charge in [0.05, 0.1) is 5.56 Å². The Bertz CT molecular complexity index is 301. The van der Waals surface area contributed by atoms with Crippen molar-refractivity contribution in [3.63, 3.8) is 0 Å². The van der Waals surface area contributed by atoms with E-state index in [9.17, 15) is 13.2 Å². The molecule has 2 N–H and O–H groups in total. The number of hydrogen-bond donors (Lipinski definition) is 1. The van der Waals surface area contributed by atoms with Gasteiger partial charge in [-0.15, -0.1) is 24.8 Å². The summed E-state index contributed by atoms with van der Waals surface area (Å²) < 4.78 is 36.3. The van der Waals surface area contributed by atoms with Gasteiger partial charge >= 0.3 is 6.18 Å². The minimum atomic E-state index is -4.44. The Balaban J connectivity index is 0. The van der Waals surface area contributed by atoms with Crippen molar-refractivity contribution in [1.82, 2.24) is 0 Å². The molecule has 1 nitrogen and oxygen atoms in total. The van der Waals surface area contributed by atoms with Crippen molar-refractivity contribution in [3.05, 3.63) is 28.8 Å². The Kier molecular flexibility index (Phi) is 6.37. The number of halogens is 6. The van der Waals surface area contributed by atoms with E-state index in [4.69, 9.17) is 17.3 Å². The fourth-order valence-electron chi connectivity index (χ4n) is 0.774. The van der Waals surface area contributed by atoms with Crippen molar-refractivity contribution in [2.45, 2.75) is 6.18 Å². The van der Waals surface area contributed by atoms with Crippen LogP contribution in [0.5, 0.6) is 0 Å². The molecule has 0 aliphatic rings. The molecule has 0 aliphatic heterocycles. The Labute approximate surface area is 96.2 Å². The molecule has 0 heterocycles. The number of rotatable bonds is 0. The minimum absolute atomic E-state index is 0. The zero-order chi connectivity index (χ0) is 9.35. The summed E-state index contributed by atoms with van der Waals surface area (Å²) in [4.78, 5) is 0. The molecule has 0 atom stereocenters. The van der Waals surface area contributed by atoms with Crippen LogP contribution in [0.1, 0.15) is 5.56 Å². The van der Waals surface area contributed by atoms with E-state index < -0.39 is 11.7 Å². The second-order valence-electron chi connectivity index (χ2n) is 2.23. The van der Waals surface area contributed by atoms with E-state index >= 15 is 0 Å². The van der Waals surface area contributed by atoms with Crippen LogP contribution in [0, 0.1) is 0 Å². The molecule has 0 aliphatic carbocycles. The first-order valence-electron chi connectivity index (χ1n) is 3.03. The predicted octanol–water partition coefficient (Wildman–Crippen LogP) is 3.78. The summed E-state index contributed by atoms with van der Waals surface area (Å²) in [6.45, 7) is 0. The summed E-state index contributed by atoms with van der Waals surface area (Å²) in [5.41, 5.74) is 3.89. The Morgan fingerprint density at radius 3 is 2.00 bits per heavy atom. The quantitative estimate of drug-likeness (QED) is 0.712. The molecule has 0 bridgehead atoms. The van der Waals surface area contributed by atoms with Crippen LogP contribution in [0.3, 0.4) is 0 Å². The summed E-state index contributed by atoms with van der Waals surface area (Å²) in [5, 5.41) is 0.0246. The molecule has 82 valence electrons. The number of benzene rings is 1. The van der Waals surface area contributed by atoms with Gasteiger partial charge in [0.15, 0.2) is 0 Å². The lowest BCUT2D eigenvalue weighted by Crippen LogP contribution is -2.08. The molecular weight excluding hydrogens is 261 g/mol. The molecular formula is C7H7Cl3F3N. The maximum absolute atomic E-state index is 12.1. The van der Waals surface area contributed by atoms with Crippen LogP contribution in [-0.4, -0.2) is 0 Å². The average Bonchev–Trinajstić information content (AvgIpc) is 1.92. The number of nitrogens with two attached hydrogens (primary N) is 1. The predicted molar refractivity (Wildman–Crippen MR) is 55.4 cm³/mol. The van der Waals surface area contributed by atoms with Gasteiger partial charge in [-0.25, -0.2) is 0 Å². The van der Waals surface area contributed by atoms with Crippen LogP contribution in [0.4, 0.5) is 18.9 Å². The Morgan fingerprint density at radius 2 is 1.64 bits per heavy atom. The van der Waals surface area contributed by atoms with Crippen molar-refractivity contribution in [1.29, 1.82) is 0 Å². The molecule has 1 aromatic rings. The third-order valence-electron chi connectivity index (χ3n) is 1.32. The van der Waals surface area contributed by atoms with Gasteiger partial charge in [-0.05, 0) is 18.2 Å². The van der Waals surface area contributed by atoms with E-state index in [0.29, 0.717) is 0 Å². The fourth-order valence-corrected chi connectivity index (χ4v) is 0.946. The average molecular weight is 268 g/mol. The van der Waals surface area contributed by atoms with Gasteiger partial charge in [-0.1, -0.05) is 11.6 Å². The van der Waals surface area contributed by atoms with Crippen LogP contribution < -0.4 is 5.73 Å². The third-order valence-corrected chi connectivity index (χ3v) is 1.56. The SMILES string of the molecule is Cl.Cl.Nc1ccc(Cl)cc1C(F)(F)F. The second kappa shape index (κ2) is 5.53. The summed E-state index contributed by atoms with van der Waals surface area (Å²) in [6, 6.07) is 3.24. The lowest BCUT2D eigenvalue weighted by Gasteiger charge is -2.09. The standard InChI is InChI=1S/C7H5ClF3N.2ClH/c8-4-1-2-6(12)5(3-4)7(9,10)11;;/h1-3H,12H2;2*1H. The second-order valence-corrected chi connectivity index (χ2v) is 2.67. The molecule has 0 saturated heterocycles. The molecule has 0 saturated carbocycles. The maximum atomic E-state index is 12.1. The lowest BCUT2D eigenvalue weighted by atomic mass is 10.2. The highest BCUT2D eigenvalue weighted by Gasteiger charge is 2.32. The van der Waals surface area contributed by atoms with E-state index in [1.165, 1.54) is 6.07 Å². The lowest BCUT2D eigenvalue weighted by molar-refractivity contribution is -0.136. The van der Waals surface area contributed by atoms with E-state index in [-0.39, 0.29) is 35.5 Å². The van der Waals surface area contributed by atoms with Gasteiger partial charge in [0.2, 0.25) is 0 Å². The van der Waals surface area contributed by atoms with Gasteiger partial charge in [0.1, 0.15) is 0 Å². The molecule has 1 rings (SSSR count). The highest BCUT2D eigenvalue weighted by atomic mass is 35.5. The van der Waals surface area contributed by atoms with Crippen molar-refractivity contribution < 1.29 is 13.2 Å². The number of anilines is 1. The molecule has 0 amide bonds. The minimum Gasteiger partial charge on any atom is -0.398 e. The van der Waals surface area contributed by atoms with Gasteiger partial charge < -0.3 is 5.73 Å². The molecule has 7 heteroatoms. The number of hydrogen-bond acceptors (Lipinski definition) is 1. The number of nitrogen functional groups attached to an aromatic ring is 1. The molecule has 0 radical (unpaired) electrons. The highest BCUT2D eigenvalue weighted by molar-refractivity contribution is 6.30. The van der Waals surface area contributed by atoms with Crippen LogP contribution in [0.15, 0.2) is 18.2 Å². The Hall–Kier alpha value is -0.320. The molecule has 0 aromatic heterocycles. The molecule has 1 aromatic carbocycles. The van der Waals surface area contributed by atoms with Crippen LogP contribution >= 0.6 is 36.4 Å². The zero-order valence-corrected chi connectivity index (χ0v) is 9.03. The van der Waals surface area contributed by atoms with Gasteiger partial charge in [0, 0.05) is 10.7 Å². The van der Waals surface area contributed by atoms with Gasteiger partial charge in [0.25, 0.3) is 0 Å². The van der Waals surface area contributed by atoms with Gasteiger partial charge in [-0.3, -0.25) is 0 Å². The summed E-state index contributed by atoms with van der Waals surface area (Å²) in [6.07, 6.45) is -4.44. The van der Waals surface area contributed by atoms with E-state index in [1.54, 1.807) is 0 Å². The normalized spacial score (nSPS) is 10.0. The highest BCUT2D eigenvalue weighted by Crippen LogP contribution is 2.34. The first-order chi connectivity index (χ1) is 5.41. The third kappa shape index (κ3) is 3.82. The maximum Gasteiger partial charge on any atom is 0.418 e. The van der Waals surface area contributed by atoms with Crippen molar-refractivity contribution in [2.75, 3.05) is 5.73 Å². The van der Waals surface area contributed by atoms with Crippen molar-refractivity contribution in [2.24, 2.45) is 0 Å². The monoisotopic (exact) mass is 267 g/mol. The molecule has 0 fully saturated rings. The number of alkyl halides is 3. The summed E-state index contributed by atoms with van der Waals surface area (Å²) >= 11 is 5.37. The first-order valence-corrected chi connectivity index (χ1v) is 3.41. The fraction of sp³-hybridized carbons (Fsp3) is 0.143. The summed E-state index contributed by atoms with van der Waals surface area (Å²) in [5.74, 6) is 0.